The molecule has 0 spiro atoms. The molecule has 2 aromatic heterocycles. The molecule has 1 saturated heterocycles. The van der Waals surface area contributed by atoms with Gasteiger partial charge in [-0.15, -0.1) is 11.3 Å². The minimum atomic E-state index is -0.350. The van der Waals surface area contributed by atoms with Crippen molar-refractivity contribution < 1.29 is 18.7 Å². The van der Waals surface area contributed by atoms with Crippen molar-refractivity contribution in [3.05, 3.63) is 64.4 Å². The first-order chi connectivity index (χ1) is 15.7. The van der Waals surface area contributed by atoms with Crippen LogP contribution in [-0.4, -0.2) is 38.1 Å². The van der Waals surface area contributed by atoms with Gasteiger partial charge in [-0.25, -0.2) is 0 Å². The normalized spacial score (nSPS) is 15.8. The minimum Gasteiger partial charge on any atom is -0.459 e. The summed E-state index contributed by atoms with van der Waals surface area (Å²) in [5.74, 6) is -0.322. The first-order valence-electron chi connectivity index (χ1n) is 10.9. The molecule has 1 aliphatic carbocycles. The third-order valence-electron chi connectivity index (χ3n) is 5.87. The van der Waals surface area contributed by atoms with E-state index >= 15 is 0 Å². The topological polar surface area (TPSA) is 83.8 Å². The molecular formula is C24H25N3O4S. The number of aryl methyl sites for hydroxylation is 1. The van der Waals surface area contributed by atoms with Gasteiger partial charge in [-0.3, -0.25) is 9.59 Å². The Kier molecular flexibility index (Phi) is 5.96. The first-order valence-corrected chi connectivity index (χ1v) is 11.7. The Labute approximate surface area is 190 Å². The van der Waals surface area contributed by atoms with Gasteiger partial charge in [0.05, 0.1) is 25.0 Å². The van der Waals surface area contributed by atoms with Gasteiger partial charge in [-0.2, -0.15) is 0 Å². The number of morpholine rings is 1. The van der Waals surface area contributed by atoms with Gasteiger partial charge < -0.3 is 24.7 Å². The highest BCUT2D eigenvalue weighted by molar-refractivity contribution is 7.17. The van der Waals surface area contributed by atoms with Crippen molar-refractivity contribution in [1.29, 1.82) is 0 Å². The zero-order chi connectivity index (χ0) is 21.9. The number of hydrogen-bond donors (Lipinski definition) is 2. The number of fused-ring (bicyclic) bond motifs is 1. The lowest BCUT2D eigenvalue weighted by atomic mass is 9.95. The molecule has 5 rings (SSSR count). The first kappa shape index (κ1) is 20.8. The summed E-state index contributed by atoms with van der Waals surface area (Å²) in [7, 11) is 0. The Morgan fingerprint density at radius 3 is 2.47 bits per heavy atom. The van der Waals surface area contributed by atoms with Crippen LogP contribution in [0.25, 0.3) is 0 Å². The fourth-order valence-corrected chi connectivity index (χ4v) is 5.52. The van der Waals surface area contributed by atoms with E-state index in [1.165, 1.54) is 22.5 Å². The number of nitrogens with zero attached hydrogens (tertiary/aromatic N) is 1. The number of rotatable bonds is 5. The van der Waals surface area contributed by atoms with Gasteiger partial charge in [0.2, 0.25) is 0 Å². The number of amides is 2. The van der Waals surface area contributed by atoms with E-state index < -0.39 is 0 Å². The molecule has 1 fully saturated rings. The number of carbonyl (C=O) groups excluding carboxylic acids is 2. The van der Waals surface area contributed by atoms with E-state index in [0.29, 0.717) is 10.6 Å². The molecule has 0 unspecified atom stereocenters. The van der Waals surface area contributed by atoms with Crippen molar-refractivity contribution in [2.24, 2.45) is 0 Å². The number of benzene rings is 1. The number of hydrogen-bond acceptors (Lipinski definition) is 6. The maximum atomic E-state index is 13.3. The van der Waals surface area contributed by atoms with Gasteiger partial charge in [0.25, 0.3) is 11.8 Å². The molecule has 32 heavy (non-hydrogen) atoms. The van der Waals surface area contributed by atoms with Crippen LogP contribution in [0.2, 0.25) is 0 Å². The van der Waals surface area contributed by atoms with Crippen molar-refractivity contribution in [3.63, 3.8) is 0 Å². The summed E-state index contributed by atoms with van der Waals surface area (Å²) in [4.78, 5) is 29.3. The minimum absolute atomic E-state index is 0.196. The molecule has 8 heteroatoms. The standard InChI is InChI=1S/C24H25N3O4S/c28-22(19-5-3-13-31-19)26-24-21(18-4-1-2-6-20(18)32-24)23(29)25-16-7-9-17(10-8-16)27-11-14-30-15-12-27/h3,5,7-10,13H,1-2,4,6,11-12,14-15H2,(H,25,29)(H,26,28). The quantitative estimate of drug-likeness (QED) is 0.594. The Balaban J connectivity index is 1.36. The predicted molar refractivity (Wildman–Crippen MR) is 125 cm³/mol. The van der Waals surface area contributed by atoms with Gasteiger partial charge in [0, 0.05) is 29.3 Å². The number of furan rings is 1. The summed E-state index contributed by atoms with van der Waals surface area (Å²) in [5.41, 5.74) is 3.47. The summed E-state index contributed by atoms with van der Waals surface area (Å²) in [6, 6.07) is 11.2. The van der Waals surface area contributed by atoms with Crippen LogP contribution in [0.1, 0.15) is 44.2 Å². The molecule has 1 aliphatic heterocycles. The molecule has 0 saturated carbocycles. The summed E-state index contributed by atoms with van der Waals surface area (Å²) in [6.45, 7) is 3.19. The average molecular weight is 452 g/mol. The molecular weight excluding hydrogens is 426 g/mol. The Morgan fingerprint density at radius 2 is 1.72 bits per heavy atom. The molecule has 2 N–H and O–H groups in total. The highest BCUT2D eigenvalue weighted by atomic mass is 32.1. The van der Waals surface area contributed by atoms with Crippen molar-refractivity contribution in [1.82, 2.24) is 0 Å². The Bertz CT molecular complexity index is 1100. The zero-order valence-electron chi connectivity index (χ0n) is 17.7. The van der Waals surface area contributed by atoms with E-state index in [2.05, 4.69) is 15.5 Å². The van der Waals surface area contributed by atoms with E-state index in [1.54, 1.807) is 12.1 Å². The maximum Gasteiger partial charge on any atom is 0.291 e. The van der Waals surface area contributed by atoms with Gasteiger partial charge in [0.15, 0.2) is 5.76 Å². The van der Waals surface area contributed by atoms with Gasteiger partial charge in [-0.1, -0.05) is 0 Å². The summed E-state index contributed by atoms with van der Waals surface area (Å²) in [6.07, 6.45) is 5.39. The second-order valence-corrected chi connectivity index (χ2v) is 9.05. The second-order valence-electron chi connectivity index (χ2n) is 7.95. The molecule has 7 nitrogen and oxygen atoms in total. The van der Waals surface area contributed by atoms with E-state index in [4.69, 9.17) is 9.15 Å². The molecule has 0 radical (unpaired) electrons. The van der Waals surface area contributed by atoms with Crippen LogP contribution in [0.5, 0.6) is 0 Å². The smallest absolute Gasteiger partial charge is 0.291 e. The maximum absolute atomic E-state index is 13.3. The van der Waals surface area contributed by atoms with Crippen LogP contribution in [0.3, 0.4) is 0 Å². The number of nitrogens with one attached hydrogen (secondary N) is 2. The van der Waals surface area contributed by atoms with E-state index in [0.717, 1.165) is 68.9 Å². The van der Waals surface area contributed by atoms with E-state index in [1.807, 2.05) is 24.3 Å². The molecule has 3 aromatic rings. The van der Waals surface area contributed by atoms with Crippen LogP contribution in [-0.2, 0) is 17.6 Å². The molecule has 166 valence electrons. The summed E-state index contributed by atoms with van der Waals surface area (Å²) >= 11 is 1.49. The lowest BCUT2D eigenvalue weighted by Crippen LogP contribution is -2.36. The van der Waals surface area contributed by atoms with Gasteiger partial charge >= 0.3 is 0 Å². The number of carbonyl (C=O) groups is 2. The number of thiophene rings is 1. The van der Waals surface area contributed by atoms with Crippen molar-refractivity contribution >= 4 is 39.5 Å². The van der Waals surface area contributed by atoms with Gasteiger partial charge in [-0.05, 0) is 67.6 Å². The van der Waals surface area contributed by atoms with Crippen molar-refractivity contribution in [3.8, 4) is 0 Å². The summed E-state index contributed by atoms with van der Waals surface area (Å²) in [5, 5.41) is 6.50. The highest BCUT2D eigenvalue weighted by Crippen LogP contribution is 2.39. The lowest BCUT2D eigenvalue weighted by Gasteiger charge is -2.28. The molecule has 0 bridgehead atoms. The van der Waals surface area contributed by atoms with E-state index in [-0.39, 0.29) is 17.6 Å². The monoisotopic (exact) mass is 451 g/mol. The molecule has 1 aromatic carbocycles. The van der Waals surface area contributed by atoms with Crippen LogP contribution in [0.4, 0.5) is 16.4 Å². The van der Waals surface area contributed by atoms with Crippen LogP contribution < -0.4 is 15.5 Å². The van der Waals surface area contributed by atoms with Crippen LogP contribution >= 0.6 is 11.3 Å². The lowest BCUT2D eigenvalue weighted by molar-refractivity contribution is 0.0997. The number of anilines is 3. The summed E-state index contributed by atoms with van der Waals surface area (Å²) < 4.78 is 10.6. The van der Waals surface area contributed by atoms with E-state index in [9.17, 15) is 9.59 Å². The Hall–Kier alpha value is -3.10. The van der Waals surface area contributed by atoms with Crippen LogP contribution in [0, 0.1) is 0 Å². The molecule has 2 aliphatic rings. The Morgan fingerprint density at radius 1 is 0.938 bits per heavy atom. The third kappa shape index (κ3) is 4.28. The van der Waals surface area contributed by atoms with Gasteiger partial charge in [0.1, 0.15) is 5.00 Å². The largest absolute Gasteiger partial charge is 0.459 e. The molecule has 3 heterocycles. The van der Waals surface area contributed by atoms with Crippen LogP contribution in [0.15, 0.2) is 47.1 Å². The van der Waals surface area contributed by atoms with Crippen molar-refractivity contribution in [2.75, 3.05) is 41.8 Å². The second kappa shape index (κ2) is 9.18. The highest BCUT2D eigenvalue weighted by Gasteiger charge is 2.27. The fourth-order valence-electron chi connectivity index (χ4n) is 4.24. The van der Waals surface area contributed by atoms with Crippen molar-refractivity contribution in [2.45, 2.75) is 25.7 Å². The predicted octanol–water partition coefficient (Wildman–Crippen LogP) is 4.56. The fraction of sp³-hybridized carbons (Fsp3) is 0.333. The third-order valence-corrected chi connectivity index (χ3v) is 7.08. The molecule has 2 amide bonds. The molecule has 0 atom stereocenters. The zero-order valence-corrected chi connectivity index (χ0v) is 18.5. The average Bonchev–Trinajstić information content (AvgIpc) is 3.48. The number of ether oxygens (including phenoxy) is 1. The SMILES string of the molecule is O=C(Nc1sc2c(c1C(=O)Nc1ccc(N3CCOCC3)cc1)CCCC2)c1ccco1.